The molecule has 4 N–H and O–H groups in total. The maximum absolute atomic E-state index is 10.6. The average Bonchev–Trinajstić information content (AvgIpc) is 2.24. The molecule has 0 spiro atoms. The number of nitrogens with two attached hydrogens (primary N) is 2. The van der Waals surface area contributed by atoms with Crippen molar-refractivity contribution in [1.29, 1.82) is 0 Å². The molecule has 0 aliphatic heterocycles. The number of hydrogen-bond donors (Lipinski definition) is 2. The SMILES string of the molecule is CCN(c1ccc(N)c(C)c1)C(N)C=O. The van der Waals surface area contributed by atoms with Crippen LogP contribution in [0.2, 0.25) is 0 Å². The van der Waals surface area contributed by atoms with Crippen molar-refractivity contribution in [1.82, 2.24) is 0 Å². The van der Waals surface area contributed by atoms with Crippen molar-refractivity contribution in [3.63, 3.8) is 0 Å². The van der Waals surface area contributed by atoms with Crippen LogP contribution in [0, 0.1) is 6.92 Å². The van der Waals surface area contributed by atoms with Gasteiger partial charge in [0.15, 0.2) is 6.29 Å². The summed E-state index contributed by atoms with van der Waals surface area (Å²) in [5, 5.41) is 0. The second-order valence-electron chi connectivity index (χ2n) is 3.45. The van der Waals surface area contributed by atoms with Crippen LogP contribution in [-0.2, 0) is 4.79 Å². The average molecular weight is 207 g/mol. The molecule has 1 atom stereocenters. The Hall–Kier alpha value is -1.55. The quantitative estimate of drug-likeness (QED) is 0.437. The second-order valence-corrected chi connectivity index (χ2v) is 3.45. The molecule has 0 aliphatic carbocycles. The molecule has 4 nitrogen and oxygen atoms in total. The number of aryl methyl sites for hydroxylation is 1. The van der Waals surface area contributed by atoms with Crippen LogP contribution in [0.4, 0.5) is 11.4 Å². The minimum absolute atomic E-state index is 0.599. The molecule has 1 aromatic rings. The summed E-state index contributed by atoms with van der Waals surface area (Å²) in [6.45, 7) is 4.57. The number of nitrogens with zero attached hydrogens (tertiary/aromatic N) is 1. The predicted octanol–water partition coefficient (Wildman–Crippen LogP) is 0.887. The highest BCUT2D eigenvalue weighted by Crippen LogP contribution is 2.20. The summed E-state index contributed by atoms with van der Waals surface area (Å²) in [6.07, 6.45) is 0.132. The molecule has 15 heavy (non-hydrogen) atoms. The fourth-order valence-electron chi connectivity index (χ4n) is 1.48. The van der Waals surface area contributed by atoms with E-state index in [2.05, 4.69) is 0 Å². The van der Waals surface area contributed by atoms with Gasteiger partial charge in [0.2, 0.25) is 0 Å². The van der Waals surface area contributed by atoms with E-state index in [1.54, 1.807) is 0 Å². The Kier molecular flexibility index (Phi) is 3.68. The van der Waals surface area contributed by atoms with Crippen LogP contribution in [0.25, 0.3) is 0 Å². The molecule has 0 aliphatic rings. The molecule has 1 aromatic carbocycles. The first-order valence-corrected chi connectivity index (χ1v) is 4.93. The zero-order valence-corrected chi connectivity index (χ0v) is 9.10. The van der Waals surface area contributed by atoms with E-state index >= 15 is 0 Å². The van der Waals surface area contributed by atoms with E-state index in [1.807, 2.05) is 36.9 Å². The van der Waals surface area contributed by atoms with Gasteiger partial charge in [0.25, 0.3) is 0 Å². The van der Waals surface area contributed by atoms with Gasteiger partial charge in [0, 0.05) is 17.9 Å². The number of aldehydes is 1. The standard InChI is InChI=1S/C11H17N3O/c1-3-14(11(13)7-15)9-4-5-10(12)8(2)6-9/h4-7,11H,3,12-13H2,1-2H3. The van der Waals surface area contributed by atoms with Crippen LogP contribution in [0.1, 0.15) is 12.5 Å². The summed E-state index contributed by atoms with van der Waals surface area (Å²) in [5.74, 6) is 0. The number of hydrogen-bond acceptors (Lipinski definition) is 4. The number of anilines is 2. The number of likely N-dealkylation sites (N-methyl/N-ethyl adjacent to an activating group) is 1. The van der Waals surface area contributed by atoms with Gasteiger partial charge in [-0.3, -0.25) is 4.79 Å². The highest BCUT2D eigenvalue weighted by Gasteiger charge is 2.12. The third-order valence-corrected chi connectivity index (χ3v) is 2.43. The van der Waals surface area contributed by atoms with Crippen molar-refractivity contribution >= 4 is 17.7 Å². The molecule has 0 heterocycles. The van der Waals surface area contributed by atoms with Crippen LogP contribution >= 0.6 is 0 Å². The van der Waals surface area contributed by atoms with Gasteiger partial charge in [-0.2, -0.15) is 0 Å². The van der Waals surface area contributed by atoms with Crippen LogP contribution in [-0.4, -0.2) is 19.0 Å². The Labute approximate surface area is 89.9 Å². The fourth-order valence-corrected chi connectivity index (χ4v) is 1.48. The zero-order valence-electron chi connectivity index (χ0n) is 9.10. The van der Waals surface area contributed by atoms with Crippen molar-refractivity contribution in [2.75, 3.05) is 17.2 Å². The zero-order chi connectivity index (χ0) is 11.4. The van der Waals surface area contributed by atoms with Gasteiger partial charge < -0.3 is 16.4 Å². The van der Waals surface area contributed by atoms with Crippen LogP contribution < -0.4 is 16.4 Å². The lowest BCUT2D eigenvalue weighted by molar-refractivity contribution is -0.108. The van der Waals surface area contributed by atoms with Gasteiger partial charge in [-0.15, -0.1) is 0 Å². The molecule has 0 saturated heterocycles. The number of benzene rings is 1. The van der Waals surface area contributed by atoms with Crippen molar-refractivity contribution in [2.24, 2.45) is 5.73 Å². The summed E-state index contributed by atoms with van der Waals surface area (Å²) < 4.78 is 0. The second kappa shape index (κ2) is 4.79. The van der Waals surface area contributed by atoms with Crippen LogP contribution in [0.3, 0.4) is 0 Å². The molecule has 1 rings (SSSR count). The topological polar surface area (TPSA) is 72.3 Å². The van der Waals surface area contributed by atoms with E-state index < -0.39 is 6.17 Å². The minimum atomic E-state index is -0.599. The van der Waals surface area contributed by atoms with E-state index in [0.29, 0.717) is 6.54 Å². The molecule has 0 bridgehead atoms. The van der Waals surface area contributed by atoms with Gasteiger partial charge in [0.1, 0.15) is 6.17 Å². The molecule has 0 saturated carbocycles. The fraction of sp³-hybridized carbons (Fsp3) is 0.364. The van der Waals surface area contributed by atoms with Crippen molar-refractivity contribution in [3.8, 4) is 0 Å². The first kappa shape index (κ1) is 11.5. The van der Waals surface area contributed by atoms with Crippen LogP contribution in [0.5, 0.6) is 0 Å². The van der Waals surface area contributed by atoms with E-state index in [1.165, 1.54) is 0 Å². The lowest BCUT2D eigenvalue weighted by Gasteiger charge is -2.26. The van der Waals surface area contributed by atoms with E-state index in [9.17, 15) is 4.79 Å². The maximum Gasteiger partial charge on any atom is 0.156 e. The van der Waals surface area contributed by atoms with E-state index in [0.717, 1.165) is 23.2 Å². The molecular formula is C11H17N3O. The smallest absolute Gasteiger partial charge is 0.156 e. The summed E-state index contributed by atoms with van der Waals surface area (Å²) in [6, 6.07) is 5.63. The lowest BCUT2D eigenvalue weighted by Crippen LogP contribution is -2.43. The van der Waals surface area contributed by atoms with E-state index in [4.69, 9.17) is 11.5 Å². The Bertz CT molecular complexity index is 352. The minimum Gasteiger partial charge on any atom is -0.399 e. The first-order chi connectivity index (χ1) is 7.10. The molecule has 82 valence electrons. The Balaban J connectivity index is 3.02. The summed E-state index contributed by atoms with van der Waals surface area (Å²) >= 11 is 0. The molecule has 4 heteroatoms. The Morgan fingerprint density at radius 2 is 2.20 bits per heavy atom. The Morgan fingerprint density at radius 3 is 2.67 bits per heavy atom. The van der Waals surface area contributed by atoms with Crippen molar-refractivity contribution in [2.45, 2.75) is 20.0 Å². The van der Waals surface area contributed by atoms with Crippen molar-refractivity contribution < 1.29 is 4.79 Å². The third kappa shape index (κ3) is 2.47. The van der Waals surface area contributed by atoms with Crippen LogP contribution in [0.15, 0.2) is 18.2 Å². The molecule has 0 radical (unpaired) electrons. The lowest BCUT2D eigenvalue weighted by atomic mass is 10.1. The largest absolute Gasteiger partial charge is 0.399 e. The first-order valence-electron chi connectivity index (χ1n) is 4.93. The number of nitrogen functional groups attached to an aromatic ring is 1. The molecule has 0 aromatic heterocycles. The summed E-state index contributed by atoms with van der Waals surface area (Å²) in [7, 11) is 0. The summed E-state index contributed by atoms with van der Waals surface area (Å²) in [5.41, 5.74) is 14.0. The van der Waals surface area contributed by atoms with E-state index in [-0.39, 0.29) is 0 Å². The number of rotatable bonds is 4. The van der Waals surface area contributed by atoms with Gasteiger partial charge >= 0.3 is 0 Å². The number of carbonyl (C=O) groups excluding carboxylic acids is 1. The molecule has 0 fully saturated rings. The molecule has 1 unspecified atom stereocenters. The van der Waals surface area contributed by atoms with Gasteiger partial charge in [-0.05, 0) is 37.6 Å². The highest BCUT2D eigenvalue weighted by molar-refractivity contribution is 5.67. The van der Waals surface area contributed by atoms with Gasteiger partial charge in [-0.1, -0.05) is 0 Å². The number of carbonyl (C=O) groups is 1. The molecular weight excluding hydrogens is 190 g/mol. The Morgan fingerprint density at radius 1 is 1.53 bits per heavy atom. The maximum atomic E-state index is 10.6. The van der Waals surface area contributed by atoms with Gasteiger partial charge in [0.05, 0.1) is 0 Å². The molecule has 0 amide bonds. The third-order valence-electron chi connectivity index (χ3n) is 2.43. The monoisotopic (exact) mass is 207 g/mol. The normalized spacial score (nSPS) is 12.2. The summed E-state index contributed by atoms with van der Waals surface area (Å²) in [4.78, 5) is 12.5. The van der Waals surface area contributed by atoms with Crippen molar-refractivity contribution in [3.05, 3.63) is 23.8 Å². The van der Waals surface area contributed by atoms with Gasteiger partial charge in [-0.25, -0.2) is 0 Å². The predicted molar refractivity (Wildman–Crippen MR) is 62.7 cm³/mol. The highest BCUT2D eigenvalue weighted by atomic mass is 16.1.